The van der Waals surface area contributed by atoms with Gasteiger partial charge in [0.1, 0.15) is 5.00 Å². The molecule has 0 aromatic carbocycles. The van der Waals surface area contributed by atoms with Crippen molar-refractivity contribution in [3.8, 4) is 0 Å². The summed E-state index contributed by atoms with van der Waals surface area (Å²) in [6, 6.07) is 0. The van der Waals surface area contributed by atoms with E-state index in [0.717, 1.165) is 31.2 Å². The summed E-state index contributed by atoms with van der Waals surface area (Å²) in [5.41, 5.74) is 7.03. The lowest BCUT2D eigenvalue weighted by atomic mass is 9.85. The molecule has 0 radical (unpaired) electrons. The van der Waals surface area contributed by atoms with E-state index >= 15 is 0 Å². The van der Waals surface area contributed by atoms with Crippen LogP contribution in [-0.4, -0.2) is 11.8 Å². The minimum Gasteiger partial charge on any atom is -0.365 e. The van der Waals surface area contributed by atoms with Crippen LogP contribution in [0.5, 0.6) is 0 Å². The van der Waals surface area contributed by atoms with E-state index in [0.29, 0.717) is 16.5 Å². The summed E-state index contributed by atoms with van der Waals surface area (Å²) < 4.78 is 0. The Bertz CT molecular complexity index is 493. The first-order valence-electron chi connectivity index (χ1n) is 6.24. The second-order valence-electron chi connectivity index (χ2n) is 4.77. The van der Waals surface area contributed by atoms with Crippen molar-refractivity contribution >= 4 is 28.2 Å². The number of fused-ring (bicyclic) bond motifs is 1. The smallest absolute Gasteiger partial charge is 0.251 e. The Labute approximate surface area is 111 Å². The predicted octanol–water partition coefficient (Wildman–Crippen LogP) is 2.32. The molecule has 1 aliphatic carbocycles. The van der Waals surface area contributed by atoms with Gasteiger partial charge >= 0.3 is 0 Å². The number of carbonyl (C=O) groups excluding carboxylic acids is 2. The topological polar surface area (TPSA) is 72.2 Å². The zero-order valence-electron chi connectivity index (χ0n) is 10.7. The minimum absolute atomic E-state index is 0.164. The number of thiophene rings is 1. The van der Waals surface area contributed by atoms with Crippen molar-refractivity contribution in [1.82, 2.24) is 0 Å². The lowest BCUT2D eigenvalue weighted by Crippen LogP contribution is -2.19. The van der Waals surface area contributed by atoms with Crippen LogP contribution in [0.25, 0.3) is 0 Å². The third kappa shape index (κ3) is 2.41. The van der Waals surface area contributed by atoms with Gasteiger partial charge < -0.3 is 11.1 Å². The van der Waals surface area contributed by atoms with Crippen molar-refractivity contribution in [2.45, 2.75) is 39.5 Å². The van der Waals surface area contributed by atoms with E-state index in [9.17, 15) is 9.59 Å². The summed E-state index contributed by atoms with van der Waals surface area (Å²) >= 11 is 1.50. The first-order chi connectivity index (χ1) is 8.52. The SMILES string of the molecule is CCC1CCc2c(sc(NC(C)=O)c2C(N)=O)C1. The number of rotatable bonds is 3. The van der Waals surface area contributed by atoms with Crippen molar-refractivity contribution in [3.05, 3.63) is 16.0 Å². The van der Waals surface area contributed by atoms with Gasteiger partial charge in [0.15, 0.2) is 0 Å². The fraction of sp³-hybridized carbons (Fsp3) is 0.538. The lowest BCUT2D eigenvalue weighted by molar-refractivity contribution is -0.114. The highest BCUT2D eigenvalue weighted by Gasteiger charge is 2.27. The summed E-state index contributed by atoms with van der Waals surface area (Å²) in [5.74, 6) is 0.0800. The number of amides is 2. The molecule has 0 fully saturated rings. The second kappa shape index (κ2) is 5.10. The Morgan fingerprint density at radius 1 is 1.50 bits per heavy atom. The molecule has 1 aromatic heterocycles. The highest BCUT2D eigenvalue weighted by molar-refractivity contribution is 7.17. The van der Waals surface area contributed by atoms with Gasteiger partial charge in [0.25, 0.3) is 5.91 Å². The molecule has 0 saturated heterocycles. The predicted molar refractivity (Wildman–Crippen MR) is 72.9 cm³/mol. The fourth-order valence-corrected chi connectivity index (χ4v) is 3.92. The summed E-state index contributed by atoms with van der Waals surface area (Å²) in [5, 5.41) is 3.35. The number of nitrogens with one attached hydrogen (secondary N) is 1. The van der Waals surface area contributed by atoms with Crippen molar-refractivity contribution in [2.24, 2.45) is 11.7 Å². The van der Waals surface area contributed by atoms with Gasteiger partial charge in [-0.2, -0.15) is 0 Å². The molecule has 1 unspecified atom stereocenters. The van der Waals surface area contributed by atoms with Crippen LogP contribution in [0.4, 0.5) is 5.00 Å². The molecule has 4 nitrogen and oxygen atoms in total. The molecule has 0 spiro atoms. The van der Waals surface area contributed by atoms with Crippen LogP contribution in [0, 0.1) is 5.92 Å². The van der Waals surface area contributed by atoms with Crippen LogP contribution >= 0.6 is 11.3 Å². The molecule has 1 aliphatic rings. The Kier molecular flexibility index (Phi) is 3.71. The van der Waals surface area contributed by atoms with Crippen LogP contribution in [0.3, 0.4) is 0 Å². The number of anilines is 1. The lowest BCUT2D eigenvalue weighted by Gasteiger charge is -2.20. The first kappa shape index (κ1) is 13.1. The van der Waals surface area contributed by atoms with Gasteiger partial charge in [-0.3, -0.25) is 9.59 Å². The van der Waals surface area contributed by atoms with E-state index in [-0.39, 0.29) is 5.91 Å². The Hall–Kier alpha value is -1.36. The van der Waals surface area contributed by atoms with Crippen molar-refractivity contribution < 1.29 is 9.59 Å². The maximum Gasteiger partial charge on any atom is 0.251 e. The van der Waals surface area contributed by atoms with Crippen LogP contribution in [0.1, 0.15) is 47.5 Å². The van der Waals surface area contributed by atoms with Gasteiger partial charge in [0.05, 0.1) is 5.56 Å². The maximum absolute atomic E-state index is 11.6. The molecule has 3 N–H and O–H groups in total. The second-order valence-corrected chi connectivity index (χ2v) is 5.88. The molecule has 1 heterocycles. The van der Waals surface area contributed by atoms with E-state index in [2.05, 4.69) is 12.2 Å². The molecule has 1 atom stereocenters. The Morgan fingerprint density at radius 3 is 2.78 bits per heavy atom. The fourth-order valence-electron chi connectivity index (χ4n) is 2.51. The molecular weight excluding hydrogens is 248 g/mol. The minimum atomic E-state index is -0.439. The summed E-state index contributed by atoms with van der Waals surface area (Å²) in [6.45, 7) is 3.63. The number of hydrogen-bond acceptors (Lipinski definition) is 3. The maximum atomic E-state index is 11.6. The third-order valence-corrected chi connectivity index (χ3v) is 4.65. The summed E-state index contributed by atoms with van der Waals surface area (Å²) in [6.07, 6.45) is 4.14. The molecule has 0 saturated carbocycles. The van der Waals surface area contributed by atoms with Crippen molar-refractivity contribution in [3.63, 3.8) is 0 Å². The molecule has 2 amide bonds. The number of hydrogen-bond donors (Lipinski definition) is 2. The number of nitrogens with two attached hydrogens (primary N) is 1. The summed E-state index contributed by atoms with van der Waals surface area (Å²) in [4.78, 5) is 23.9. The van der Waals surface area contributed by atoms with Crippen molar-refractivity contribution in [1.29, 1.82) is 0 Å². The number of primary amides is 1. The van der Waals surface area contributed by atoms with E-state index in [1.807, 2.05) is 0 Å². The average molecular weight is 266 g/mol. The molecule has 18 heavy (non-hydrogen) atoms. The van der Waals surface area contributed by atoms with Gasteiger partial charge in [-0.1, -0.05) is 13.3 Å². The number of carbonyl (C=O) groups is 2. The molecule has 1 aromatic rings. The van der Waals surface area contributed by atoms with Gasteiger partial charge in [0.2, 0.25) is 5.91 Å². The molecule has 98 valence electrons. The Morgan fingerprint density at radius 2 is 2.22 bits per heavy atom. The van der Waals surface area contributed by atoms with Crippen LogP contribution in [-0.2, 0) is 17.6 Å². The molecule has 0 aliphatic heterocycles. The third-order valence-electron chi connectivity index (χ3n) is 3.48. The molecule has 5 heteroatoms. The summed E-state index contributed by atoms with van der Waals surface area (Å²) in [7, 11) is 0. The van der Waals surface area contributed by atoms with E-state index < -0.39 is 5.91 Å². The van der Waals surface area contributed by atoms with E-state index in [1.54, 1.807) is 0 Å². The zero-order chi connectivity index (χ0) is 13.3. The first-order valence-corrected chi connectivity index (χ1v) is 7.06. The van der Waals surface area contributed by atoms with Crippen LogP contribution in [0.2, 0.25) is 0 Å². The highest BCUT2D eigenvalue weighted by Crippen LogP contribution is 2.40. The molecule has 2 rings (SSSR count). The van der Waals surface area contributed by atoms with Gasteiger partial charge in [-0.25, -0.2) is 0 Å². The standard InChI is InChI=1S/C13H18N2O2S/c1-3-8-4-5-9-10(6-8)18-13(15-7(2)16)11(9)12(14)17/h8H,3-6H2,1-2H3,(H2,14,17)(H,15,16). The van der Waals surface area contributed by atoms with Crippen molar-refractivity contribution in [2.75, 3.05) is 5.32 Å². The van der Waals surface area contributed by atoms with Gasteiger partial charge in [-0.15, -0.1) is 11.3 Å². The zero-order valence-corrected chi connectivity index (χ0v) is 11.5. The van der Waals surface area contributed by atoms with Gasteiger partial charge in [0, 0.05) is 11.8 Å². The monoisotopic (exact) mass is 266 g/mol. The highest BCUT2D eigenvalue weighted by atomic mass is 32.1. The Balaban J connectivity index is 2.40. The average Bonchev–Trinajstić information content (AvgIpc) is 2.64. The normalized spacial score (nSPS) is 18.2. The quantitative estimate of drug-likeness (QED) is 0.881. The van der Waals surface area contributed by atoms with E-state index in [4.69, 9.17) is 5.73 Å². The van der Waals surface area contributed by atoms with Crippen LogP contribution in [0.15, 0.2) is 0 Å². The molecular formula is C13H18N2O2S. The van der Waals surface area contributed by atoms with Gasteiger partial charge in [-0.05, 0) is 30.7 Å². The van der Waals surface area contributed by atoms with E-state index in [1.165, 1.54) is 23.1 Å². The van der Waals surface area contributed by atoms with Crippen LogP contribution < -0.4 is 11.1 Å². The molecule has 0 bridgehead atoms. The largest absolute Gasteiger partial charge is 0.365 e.